The maximum Gasteiger partial charge on any atom is 0.227 e. The number of aliphatic hydroxyl groups excluding tert-OH is 2. The lowest BCUT2D eigenvalue weighted by Crippen LogP contribution is -2.40. The third-order valence-corrected chi connectivity index (χ3v) is 5.27. The molecule has 4 rings (SSSR count). The van der Waals surface area contributed by atoms with Crippen LogP contribution in [0.15, 0.2) is 36.7 Å². The molecule has 30 heavy (non-hydrogen) atoms. The van der Waals surface area contributed by atoms with Gasteiger partial charge in [0, 0.05) is 20.6 Å². The molecule has 1 aliphatic rings. The van der Waals surface area contributed by atoms with E-state index in [1.54, 1.807) is 4.90 Å². The molecule has 0 aliphatic carbocycles. The van der Waals surface area contributed by atoms with Crippen LogP contribution in [0, 0.1) is 0 Å². The Morgan fingerprint density at radius 3 is 2.63 bits per heavy atom. The van der Waals surface area contributed by atoms with Gasteiger partial charge < -0.3 is 25.2 Å². The Labute approximate surface area is 173 Å². The molecule has 9 nitrogen and oxygen atoms in total. The van der Waals surface area contributed by atoms with Crippen LogP contribution in [0.5, 0.6) is 0 Å². The molecule has 0 bridgehead atoms. The average molecular weight is 416 g/mol. The molecule has 0 amide bonds. The summed E-state index contributed by atoms with van der Waals surface area (Å²) in [5.41, 5.74) is -0.233. The van der Waals surface area contributed by atoms with Crippen molar-refractivity contribution in [2.45, 2.75) is 37.6 Å². The molecule has 3 N–H and O–H groups in total. The van der Waals surface area contributed by atoms with Gasteiger partial charge in [0.2, 0.25) is 5.95 Å². The molecule has 1 fully saturated rings. The number of fused-ring (bicyclic) bond motifs is 1. The number of benzene rings is 1. The molecule has 3 aromatic rings. The number of hydrogen-bond donors (Lipinski definition) is 3. The smallest absolute Gasteiger partial charge is 0.227 e. The molecule has 4 atom stereocenters. The van der Waals surface area contributed by atoms with Crippen molar-refractivity contribution in [2.75, 3.05) is 30.9 Å². The fourth-order valence-electron chi connectivity index (χ4n) is 3.60. The number of anilines is 2. The van der Waals surface area contributed by atoms with Crippen LogP contribution in [-0.4, -0.2) is 68.3 Å². The average Bonchev–Trinajstić information content (AvgIpc) is 3.25. The third-order valence-electron chi connectivity index (χ3n) is 5.27. The highest BCUT2D eigenvalue weighted by Crippen LogP contribution is 2.42. The van der Waals surface area contributed by atoms with E-state index < -0.39 is 30.7 Å². The molecule has 160 valence electrons. The van der Waals surface area contributed by atoms with Gasteiger partial charge in [0.15, 0.2) is 28.9 Å². The number of aromatic nitrogens is 4. The van der Waals surface area contributed by atoms with Crippen LogP contribution in [0.1, 0.15) is 18.7 Å². The summed E-state index contributed by atoms with van der Waals surface area (Å²) in [6, 6.07) is 9.81. The summed E-state index contributed by atoms with van der Waals surface area (Å²) in [6.07, 6.45) is -2.28. The van der Waals surface area contributed by atoms with Crippen molar-refractivity contribution in [1.82, 2.24) is 19.5 Å². The van der Waals surface area contributed by atoms with Crippen molar-refractivity contribution in [3.8, 4) is 0 Å². The molecule has 1 saturated heterocycles. The zero-order chi connectivity index (χ0) is 21.5. The predicted molar refractivity (Wildman–Crippen MR) is 110 cm³/mol. The van der Waals surface area contributed by atoms with Crippen molar-refractivity contribution in [1.29, 1.82) is 0 Å². The molecule has 0 spiro atoms. The highest BCUT2D eigenvalue weighted by Gasteiger charge is 2.55. The summed E-state index contributed by atoms with van der Waals surface area (Å²) in [5, 5.41) is 22.8. The first kappa shape index (κ1) is 20.5. The van der Waals surface area contributed by atoms with Gasteiger partial charge >= 0.3 is 0 Å². The van der Waals surface area contributed by atoms with Gasteiger partial charge in [0.1, 0.15) is 12.2 Å². The maximum absolute atomic E-state index is 15.3. The van der Waals surface area contributed by atoms with Crippen LogP contribution in [0.2, 0.25) is 0 Å². The number of ether oxygens (including phenoxy) is 1. The van der Waals surface area contributed by atoms with Gasteiger partial charge in [-0.15, -0.1) is 0 Å². The number of hydrogen-bond acceptors (Lipinski definition) is 8. The van der Waals surface area contributed by atoms with E-state index in [1.807, 2.05) is 44.4 Å². The number of nitrogens with one attached hydrogen (secondary N) is 1. The minimum atomic E-state index is -2.14. The Morgan fingerprint density at radius 2 is 2.00 bits per heavy atom. The zero-order valence-corrected chi connectivity index (χ0v) is 17.0. The molecule has 2 aromatic heterocycles. The highest BCUT2D eigenvalue weighted by molar-refractivity contribution is 5.84. The van der Waals surface area contributed by atoms with Crippen molar-refractivity contribution < 1.29 is 19.3 Å². The molecule has 0 unspecified atom stereocenters. The lowest BCUT2D eigenvalue weighted by atomic mass is 9.98. The fourth-order valence-corrected chi connectivity index (χ4v) is 3.60. The standard InChI is InChI=1S/C20H25FN6O3/c1-20(21)15(29)13(10-28)30-18(20)27-11-23-14-16(26(2)3)24-19(25-17(14)27)22-9-12-7-5-4-6-8-12/h4-8,11,13,15,18,28-29H,9-10H2,1-3H3,(H,22,24,25)/t13-,15-,18-,20-/m1/s1. The molecular formula is C20H25FN6O3. The van der Waals surface area contributed by atoms with E-state index in [0.717, 1.165) is 5.56 Å². The minimum absolute atomic E-state index is 0.356. The third kappa shape index (κ3) is 3.47. The molecule has 0 radical (unpaired) electrons. The van der Waals surface area contributed by atoms with Gasteiger partial charge in [-0.1, -0.05) is 30.3 Å². The molecule has 1 aromatic carbocycles. The van der Waals surface area contributed by atoms with Gasteiger partial charge in [-0.3, -0.25) is 4.57 Å². The topological polar surface area (TPSA) is 109 Å². The maximum atomic E-state index is 15.3. The Balaban J connectivity index is 1.74. The zero-order valence-electron chi connectivity index (χ0n) is 17.0. The largest absolute Gasteiger partial charge is 0.394 e. The fraction of sp³-hybridized carbons (Fsp3) is 0.450. The van der Waals surface area contributed by atoms with E-state index in [0.29, 0.717) is 29.5 Å². The first-order chi connectivity index (χ1) is 14.3. The second-order valence-electron chi connectivity index (χ2n) is 7.73. The lowest BCUT2D eigenvalue weighted by Gasteiger charge is -2.24. The Bertz CT molecular complexity index is 1030. The first-order valence-corrected chi connectivity index (χ1v) is 9.66. The van der Waals surface area contributed by atoms with Crippen molar-refractivity contribution in [3.63, 3.8) is 0 Å². The molecule has 10 heteroatoms. The van der Waals surface area contributed by atoms with Crippen LogP contribution in [-0.2, 0) is 11.3 Å². The van der Waals surface area contributed by atoms with E-state index in [9.17, 15) is 10.2 Å². The van der Waals surface area contributed by atoms with Crippen molar-refractivity contribution in [2.24, 2.45) is 0 Å². The molecule has 3 heterocycles. The SMILES string of the molecule is CN(C)c1nc(NCc2ccccc2)nc2c1ncn2[C@@H]1O[C@H](CO)[C@@H](O)[C@@]1(C)F. The Morgan fingerprint density at radius 1 is 1.27 bits per heavy atom. The van der Waals surface area contributed by atoms with E-state index in [4.69, 9.17) is 4.74 Å². The highest BCUT2D eigenvalue weighted by atomic mass is 19.1. The van der Waals surface area contributed by atoms with Crippen molar-refractivity contribution >= 4 is 22.9 Å². The summed E-state index contributed by atoms with van der Waals surface area (Å²) in [5.74, 6) is 0.918. The Hall–Kier alpha value is -2.82. The van der Waals surface area contributed by atoms with Crippen LogP contribution < -0.4 is 10.2 Å². The Kier molecular flexibility index (Phi) is 5.31. The van der Waals surface area contributed by atoms with E-state index in [2.05, 4.69) is 20.3 Å². The van der Waals surface area contributed by atoms with E-state index in [1.165, 1.54) is 17.8 Å². The second-order valence-corrected chi connectivity index (χ2v) is 7.73. The normalized spacial score (nSPS) is 26.3. The molecule has 1 aliphatic heterocycles. The second kappa shape index (κ2) is 7.78. The van der Waals surface area contributed by atoms with Gasteiger partial charge in [0.05, 0.1) is 12.9 Å². The van der Waals surface area contributed by atoms with Crippen LogP contribution in [0.3, 0.4) is 0 Å². The van der Waals surface area contributed by atoms with Gasteiger partial charge in [0.25, 0.3) is 0 Å². The number of halogens is 1. The summed E-state index contributed by atoms with van der Waals surface area (Å²) in [4.78, 5) is 15.2. The first-order valence-electron chi connectivity index (χ1n) is 9.66. The summed E-state index contributed by atoms with van der Waals surface area (Å²) < 4.78 is 22.4. The van der Waals surface area contributed by atoms with E-state index in [-0.39, 0.29) is 0 Å². The van der Waals surface area contributed by atoms with Crippen molar-refractivity contribution in [3.05, 3.63) is 42.2 Å². The molecule has 0 saturated carbocycles. The van der Waals surface area contributed by atoms with Crippen LogP contribution in [0.25, 0.3) is 11.2 Å². The quantitative estimate of drug-likeness (QED) is 0.555. The number of rotatable bonds is 6. The number of alkyl halides is 1. The summed E-state index contributed by atoms with van der Waals surface area (Å²) in [7, 11) is 3.66. The lowest BCUT2D eigenvalue weighted by molar-refractivity contribution is -0.0566. The monoisotopic (exact) mass is 416 g/mol. The summed E-state index contributed by atoms with van der Waals surface area (Å²) in [6.45, 7) is 1.26. The van der Waals surface area contributed by atoms with Crippen LogP contribution >= 0.6 is 0 Å². The van der Waals surface area contributed by atoms with Crippen LogP contribution in [0.4, 0.5) is 16.2 Å². The van der Waals surface area contributed by atoms with E-state index >= 15 is 4.39 Å². The minimum Gasteiger partial charge on any atom is -0.394 e. The number of nitrogens with zero attached hydrogens (tertiary/aromatic N) is 5. The predicted octanol–water partition coefficient (Wildman–Crippen LogP) is 1.48. The summed E-state index contributed by atoms with van der Waals surface area (Å²) >= 11 is 0. The van der Waals surface area contributed by atoms with Gasteiger partial charge in [-0.25, -0.2) is 9.37 Å². The number of imidazole rings is 1. The molecular weight excluding hydrogens is 391 g/mol. The number of aliphatic hydroxyl groups is 2. The van der Waals surface area contributed by atoms with Gasteiger partial charge in [-0.2, -0.15) is 9.97 Å². The van der Waals surface area contributed by atoms with Gasteiger partial charge in [-0.05, 0) is 12.5 Å².